The zero-order chi connectivity index (χ0) is 15.8. The van der Waals surface area contributed by atoms with Crippen molar-refractivity contribution in [1.29, 1.82) is 0 Å². The topological polar surface area (TPSA) is 61.5 Å². The third-order valence-corrected chi connectivity index (χ3v) is 4.22. The summed E-state index contributed by atoms with van der Waals surface area (Å²) in [6, 6.07) is 2.34. The molecule has 120 valence electrons. The van der Waals surface area contributed by atoms with Crippen LogP contribution in [0, 0.1) is 0 Å². The highest BCUT2D eigenvalue weighted by Crippen LogP contribution is 2.30. The van der Waals surface area contributed by atoms with Crippen LogP contribution in [0.4, 0.5) is 0 Å². The van der Waals surface area contributed by atoms with E-state index in [9.17, 15) is 0 Å². The largest absolute Gasteiger partial charge is 0.471 e. The SMILES string of the molecule is CC(C)n1cc(C2=NCc3ccnc(OC4CCOC4)c32)cn1. The Labute approximate surface area is 135 Å². The van der Waals surface area contributed by atoms with Crippen LogP contribution in [0.25, 0.3) is 0 Å². The molecule has 6 nitrogen and oxygen atoms in total. The highest BCUT2D eigenvalue weighted by atomic mass is 16.5. The third kappa shape index (κ3) is 2.63. The Morgan fingerprint density at radius 2 is 2.30 bits per heavy atom. The second-order valence-electron chi connectivity index (χ2n) is 6.22. The van der Waals surface area contributed by atoms with Gasteiger partial charge in [-0.3, -0.25) is 9.67 Å². The fourth-order valence-corrected chi connectivity index (χ4v) is 2.94. The lowest BCUT2D eigenvalue weighted by Gasteiger charge is -2.14. The fourth-order valence-electron chi connectivity index (χ4n) is 2.94. The molecule has 4 heterocycles. The van der Waals surface area contributed by atoms with Crippen molar-refractivity contribution in [2.45, 2.75) is 39.0 Å². The van der Waals surface area contributed by atoms with Crippen LogP contribution in [0.3, 0.4) is 0 Å². The van der Waals surface area contributed by atoms with E-state index in [-0.39, 0.29) is 6.10 Å². The molecular weight excluding hydrogens is 292 g/mol. The van der Waals surface area contributed by atoms with Gasteiger partial charge < -0.3 is 9.47 Å². The van der Waals surface area contributed by atoms with E-state index in [2.05, 4.69) is 23.9 Å². The van der Waals surface area contributed by atoms with Gasteiger partial charge in [0.1, 0.15) is 6.10 Å². The van der Waals surface area contributed by atoms with Crippen molar-refractivity contribution >= 4 is 5.71 Å². The van der Waals surface area contributed by atoms with Gasteiger partial charge in [0.05, 0.1) is 37.2 Å². The molecule has 0 saturated carbocycles. The molecule has 2 aliphatic heterocycles. The van der Waals surface area contributed by atoms with Crippen LogP contribution < -0.4 is 4.74 Å². The summed E-state index contributed by atoms with van der Waals surface area (Å²) < 4.78 is 13.4. The molecule has 2 aromatic heterocycles. The van der Waals surface area contributed by atoms with E-state index in [4.69, 9.17) is 14.5 Å². The lowest BCUT2D eigenvalue weighted by atomic mass is 10.0. The van der Waals surface area contributed by atoms with Crippen molar-refractivity contribution in [3.05, 3.63) is 41.3 Å². The van der Waals surface area contributed by atoms with Gasteiger partial charge in [-0.2, -0.15) is 5.10 Å². The minimum Gasteiger partial charge on any atom is -0.471 e. The first-order chi connectivity index (χ1) is 11.2. The molecule has 1 saturated heterocycles. The number of aliphatic imine (C=N–C) groups is 1. The molecule has 1 atom stereocenters. The van der Waals surface area contributed by atoms with E-state index in [1.54, 1.807) is 6.20 Å². The number of pyridine rings is 1. The highest BCUT2D eigenvalue weighted by molar-refractivity contribution is 6.16. The molecule has 0 amide bonds. The number of hydrogen-bond acceptors (Lipinski definition) is 5. The lowest BCUT2D eigenvalue weighted by molar-refractivity contribution is 0.138. The van der Waals surface area contributed by atoms with Crippen molar-refractivity contribution < 1.29 is 9.47 Å². The molecular formula is C17H20N4O2. The van der Waals surface area contributed by atoms with Crippen LogP contribution in [0.15, 0.2) is 29.6 Å². The summed E-state index contributed by atoms with van der Waals surface area (Å²) >= 11 is 0. The van der Waals surface area contributed by atoms with Gasteiger partial charge in [0.15, 0.2) is 0 Å². The number of fused-ring (bicyclic) bond motifs is 1. The maximum atomic E-state index is 6.08. The molecule has 0 bridgehead atoms. The Morgan fingerprint density at radius 1 is 1.39 bits per heavy atom. The zero-order valence-corrected chi connectivity index (χ0v) is 13.4. The van der Waals surface area contributed by atoms with Crippen LogP contribution in [0.1, 0.15) is 43.0 Å². The Morgan fingerprint density at radius 3 is 3.04 bits per heavy atom. The van der Waals surface area contributed by atoms with Crippen molar-refractivity contribution in [1.82, 2.24) is 14.8 Å². The van der Waals surface area contributed by atoms with Gasteiger partial charge in [-0.1, -0.05) is 0 Å². The molecule has 0 radical (unpaired) electrons. The van der Waals surface area contributed by atoms with E-state index >= 15 is 0 Å². The normalized spacial score (nSPS) is 20.0. The summed E-state index contributed by atoms with van der Waals surface area (Å²) in [5.74, 6) is 0.659. The van der Waals surface area contributed by atoms with E-state index in [0.29, 0.717) is 25.1 Å². The molecule has 2 aliphatic rings. The Bertz CT molecular complexity index is 745. The maximum Gasteiger partial charge on any atom is 0.223 e. The molecule has 4 rings (SSSR count). The summed E-state index contributed by atoms with van der Waals surface area (Å²) in [5.41, 5.74) is 4.09. The van der Waals surface area contributed by atoms with E-state index in [0.717, 1.165) is 35.4 Å². The molecule has 6 heteroatoms. The summed E-state index contributed by atoms with van der Waals surface area (Å²) in [5, 5.41) is 4.42. The average molecular weight is 312 g/mol. The zero-order valence-electron chi connectivity index (χ0n) is 13.4. The molecule has 1 unspecified atom stereocenters. The van der Waals surface area contributed by atoms with E-state index in [1.807, 2.05) is 23.1 Å². The standard InChI is InChI=1S/C17H20N4O2/c1-11(2)21-9-13(8-20-21)16-15-12(7-19-16)3-5-18-17(15)23-14-4-6-22-10-14/h3,5,8-9,11,14H,4,6-7,10H2,1-2H3. The lowest BCUT2D eigenvalue weighted by Crippen LogP contribution is -2.18. The van der Waals surface area contributed by atoms with Crippen LogP contribution >= 0.6 is 0 Å². The van der Waals surface area contributed by atoms with Gasteiger partial charge >= 0.3 is 0 Å². The molecule has 23 heavy (non-hydrogen) atoms. The number of hydrogen-bond donors (Lipinski definition) is 0. The Kier molecular flexibility index (Phi) is 3.61. The van der Waals surface area contributed by atoms with Gasteiger partial charge in [-0.15, -0.1) is 0 Å². The molecule has 1 fully saturated rings. The van der Waals surface area contributed by atoms with Crippen molar-refractivity contribution in [2.75, 3.05) is 13.2 Å². The van der Waals surface area contributed by atoms with Crippen molar-refractivity contribution in [3.63, 3.8) is 0 Å². The highest BCUT2D eigenvalue weighted by Gasteiger charge is 2.27. The molecule has 0 aliphatic carbocycles. The number of rotatable bonds is 4. The Hall–Kier alpha value is -2.21. The Balaban J connectivity index is 1.68. The first-order valence-electron chi connectivity index (χ1n) is 8.04. The molecule has 0 N–H and O–H groups in total. The third-order valence-electron chi connectivity index (χ3n) is 4.22. The minimum absolute atomic E-state index is 0.0780. The van der Waals surface area contributed by atoms with Crippen LogP contribution in [-0.2, 0) is 11.3 Å². The monoisotopic (exact) mass is 312 g/mol. The molecule has 0 spiro atoms. The molecule has 2 aromatic rings. The second-order valence-corrected chi connectivity index (χ2v) is 6.22. The van der Waals surface area contributed by atoms with Gasteiger partial charge in [-0.25, -0.2) is 4.98 Å². The van der Waals surface area contributed by atoms with Crippen molar-refractivity contribution in [3.8, 4) is 5.88 Å². The first-order valence-corrected chi connectivity index (χ1v) is 8.04. The second kappa shape index (κ2) is 5.77. The van der Waals surface area contributed by atoms with E-state index in [1.165, 1.54) is 0 Å². The molecule has 0 aromatic carbocycles. The first kappa shape index (κ1) is 14.4. The van der Waals surface area contributed by atoms with Gasteiger partial charge in [-0.05, 0) is 25.5 Å². The van der Waals surface area contributed by atoms with Crippen molar-refractivity contribution in [2.24, 2.45) is 4.99 Å². The average Bonchev–Trinajstić information content (AvgIpc) is 3.27. The summed E-state index contributed by atoms with van der Waals surface area (Å²) in [4.78, 5) is 9.14. The van der Waals surface area contributed by atoms with E-state index < -0.39 is 0 Å². The summed E-state index contributed by atoms with van der Waals surface area (Å²) in [6.45, 7) is 6.26. The maximum absolute atomic E-state index is 6.08. The van der Waals surface area contributed by atoms with Gasteiger partial charge in [0.2, 0.25) is 5.88 Å². The predicted octanol–water partition coefficient (Wildman–Crippen LogP) is 2.38. The van der Waals surface area contributed by atoms with Crippen LogP contribution in [-0.4, -0.2) is 39.8 Å². The van der Waals surface area contributed by atoms with Crippen LogP contribution in [0.2, 0.25) is 0 Å². The minimum atomic E-state index is 0.0780. The predicted molar refractivity (Wildman–Crippen MR) is 86.0 cm³/mol. The fraction of sp³-hybridized carbons (Fsp3) is 0.471. The number of nitrogens with zero attached hydrogens (tertiary/aromatic N) is 4. The quantitative estimate of drug-likeness (QED) is 0.869. The summed E-state index contributed by atoms with van der Waals surface area (Å²) in [7, 11) is 0. The van der Waals surface area contributed by atoms with Gasteiger partial charge in [0, 0.05) is 30.4 Å². The van der Waals surface area contributed by atoms with Gasteiger partial charge in [0.25, 0.3) is 0 Å². The number of aromatic nitrogens is 3. The number of ether oxygens (including phenoxy) is 2. The smallest absolute Gasteiger partial charge is 0.223 e. The summed E-state index contributed by atoms with van der Waals surface area (Å²) in [6.07, 6.45) is 6.68. The van der Waals surface area contributed by atoms with Crippen LogP contribution in [0.5, 0.6) is 5.88 Å².